The summed E-state index contributed by atoms with van der Waals surface area (Å²) in [4.78, 5) is 20.3. The minimum atomic E-state index is -0.492. The molecule has 0 unspecified atom stereocenters. The van der Waals surface area contributed by atoms with E-state index in [1.807, 2.05) is 0 Å². The van der Waals surface area contributed by atoms with Crippen molar-refractivity contribution >= 4 is 5.91 Å². The Morgan fingerprint density at radius 1 is 1.38 bits per heavy atom. The summed E-state index contributed by atoms with van der Waals surface area (Å²) >= 11 is 0. The Labute approximate surface area is 125 Å². The van der Waals surface area contributed by atoms with Crippen molar-refractivity contribution in [2.24, 2.45) is 0 Å². The van der Waals surface area contributed by atoms with Crippen LogP contribution in [0.25, 0.3) is 0 Å². The SMILES string of the molecule is C[C@H](CCNC(=O)c1cncc(F)c1)N1CCN(C)CC1. The fourth-order valence-corrected chi connectivity index (χ4v) is 2.48. The molecule has 1 aliphatic heterocycles. The van der Waals surface area contributed by atoms with Gasteiger partial charge in [-0.3, -0.25) is 14.7 Å². The summed E-state index contributed by atoms with van der Waals surface area (Å²) in [6.07, 6.45) is 3.35. The second-order valence-electron chi connectivity index (χ2n) is 5.62. The monoisotopic (exact) mass is 294 g/mol. The Kier molecular flexibility index (Phi) is 5.64. The lowest BCUT2D eigenvalue weighted by molar-refractivity contribution is 0.0934. The van der Waals surface area contributed by atoms with Crippen LogP contribution in [-0.2, 0) is 0 Å². The number of likely N-dealkylation sites (N-methyl/N-ethyl adjacent to an activating group) is 1. The molecule has 5 nitrogen and oxygen atoms in total. The topological polar surface area (TPSA) is 48.5 Å². The third-order valence-electron chi connectivity index (χ3n) is 3.98. The van der Waals surface area contributed by atoms with Crippen LogP contribution in [0.3, 0.4) is 0 Å². The molecule has 0 spiro atoms. The maximum absolute atomic E-state index is 13.0. The molecule has 1 aliphatic rings. The van der Waals surface area contributed by atoms with Crippen molar-refractivity contribution in [2.75, 3.05) is 39.8 Å². The zero-order chi connectivity index (χ0) is 15.2. The number of carbonyl (C=O) groups excluding carboxylic acids is 1. The predicted octanol–water partition coefficient (Wildman–Crippen LogP) is 0.977. The normalized spacial score (nSPS) is 18.4. The number of nitrogens with zero attached hydrogens (tertiary/aromatic N) is 3. The molecule has 21 heavy (non-hydrogen) atoms. The number of pyridine rings is 1. The van der Waals surface area contributed by atoms with Gasteiger partial charge in [0.2, 0.25) is 0 Å². The van der Waals surface area contributed by atoms with E-state index >= 15 is 0 Å². The summed E-state index contributed by atoms with van der Waals surface area (Å²) in [5.41, 5.74) is 0.266. The van der Waals surface area contributed by atoms with Gasteiger partial charge in [0.05, 0.1) is 11.8 Å². The Bertz CT molecular complexity index is 474. The molecule has 0 aromatic carbocycles. The van der Waals surface area contributed by atoms with Crippen LogP contribution in [0.2, 0.25) is 0 Å². The number of aromatic nitrogens is 1. The summed E-state index contributed by atoms with van der Waals surface area (Å²) in [7, 11) is 2.13. The molecular weight excluding hydrogens is 271 g/mol. The van der Waals surface area contributed by atoms with Crippen LogP contribution in [0.15, 0.2) is 18.5 Å². The number of nitrogens with one attached hydrogen (secondary N) is 1. The summed E-state index contributed by atoms with van der Waals surface area (Å²) in [5, 5.41) is 2.82. The second kappa shape index (κ2) is 7.47. The van der Waals surface area contributed by atoms with Gasteiger partial charge in [-0.1, -0.05) is 0 Å². The van der Waals surface area contributed by atoms with Gasteiger partial charge in [0.15, 0.2) is 0 Å². The molecule has 1 fully saturated rings. The number of piperazine rings is 1. The van der Waals surface area contributed by atoms with Crippen molar-refractivity contribution in [3.63, 3.8) is 0 Å². The van der Waals surface area contributed by atoms with E-state index in [0.29, 0.717) is 12.6 Å². The maximum atomic E-state index is 13.0. The molecule has 2 rings (SSSR count). The van der Waals surface area contributed by atoms with Gasteiger partial charge in [0.25, 0.3) is 5.91 Å². The highest BCUT2D eigenvalue weighted by atomic mass is 19.1. The molecule has 1 aromatic rings. The van der Waals surface area contributed by atoms with E-state index in [1.54, 1.807) is 0 Å². The molecule has 0 bridgehead atoms. The van der Waals surface area contributed by atoms with E-state index in [0.717, 1.165) is 38.8 Å². The maximum Gasteiger partial charge on any atom is 0.252 e. The van der Waals surface area contributed by atoms with Crippen LogP contribution < -0.4 is 5.32 Å². The van der Waals surface area contributed by atoms with Gasteiger partial charge >= 0.3 is 0 Å². The van der Waals surface area contributed by atoms with Gasteiger partial charge in [-0.25, -0.2) is 4.39 Å². The zero-order valence-corrected chi connectivity index (χ0v) is 12.7. The van der Waals surface area contributed by atoms with Gasteiger partial charge in [0, 0.05) is 45.0 Å². The average molecular weight is 294 g/mol. The number of carbonyl (C=O) groups is 1. The molecule has 1 atom stereocenters. The molecular formula is C15H23FN4O. The molecule has 6 heteroatoms. The minimum Gasteiger partial charge on any atom is -0.352 e. The molecule has 2 heterocycles. The van der Waals surface area contributed by atoms with E-state index in [4.69, 9.17) is 0 Å². The molecule has 0 aliphatic carbocycles. The fraction of sp³-hybridized carbons (Fsp3) is 0.600. The summed E-state index contributed by atoms with van der Waals surface area (Å²) in [6.45, 7) is 7.08. The number of rotatable bonds is 5. The van der Waals surface area contributed by atoms with Crippen molar-refractivity contribution in [1.29, 1.82) is 0 Å². The lowest BCUT2D eigenvalue weighted by atomic mass is 10.1. The molecule has 1 N–H and O–H groups in total. The highest BCUT2D eigenvalue weighted by Crippen LogP contribution is 2.07. The van der Waals surface area contributed by atoms with Crippen molar-refractivity contribution in [2.45, 2.75) is 19.4 Å². The van der Waals surface area contributed by atoms with E-state index < -0.39 is 5.82 Å². The molecule has 1 amide bonds. The lowest BCUT2D eigenvalue weighted by Gasteiger charge is -2.36. The first kappa shape index (κ1) is 15.9. The molecule has 116 valence electrons. The third kappa shape index (κ3) is 4.75. The van der Waals surface area contributed by atoms with Crippen LogP contribution in [-0.4, -0.2) is 66.5 Å². The van der Waals surface area contributed by atoms with Crippen molar-refractivity contribution in [1.82, 2.24) is 20.1 Å². The number of halogens is 1. The number of amides is 1. The second-order valence-corrected chi connectivity index (χ2v) is 5.62. The molecule has 1 aromatic heterocycles. The smallest absolute Gasteiger partial charge is 0.252 e. The fourth-order valence-electron chi connectivity index (χ4n) is 2.48. The van der Waals surface area contributed by atoms with Gasteiger partial charge < -0.3 is 10.2 Å². The van der Waals surface area contributed by atoms with Crippen LogP contribution in [0.5, 0.6) is 0 Å². The highest BCUT2D eigenvalue weighted by molar-refractivity contribution is 5.93. The van der Waals surface area contributed by atoms with Crippen LogP contribution >= 0.6 is 0 Å². The first-order valence-electron chi connectivity index (χ1n) is 7.37. The van der Waals surface area contributed by atoms with Gasteiger partial charge in [0.1, 0.15) is 5.82 Å². The number of hydrogen-bond donors (Lipinski definition) is 1. The first-order chi connectivity index (χ1) is 10.1. The zero-order valence-electron chi connectivity index (χ0n) is 12.7. The Hall–Kier alpha value is -1.53. The van der Waals surface area contributed by atoms with E-state index in [2.05, 4.69) is 34.1 Å². The Balaban J connectivity index is 1.72. The average Bonchev–Trinajstić information content (AvgIpc) is 2.47. The lowest BCUT2D eigenvalue weighted by Crippen LogP contribution is -2.48. The third-order valence-corrected chi connectivity index (χ3v) is 3.98. The highest BCUT2D eigenvalue weighted by Gasteiger charge is 2.18. The van der Waals surface area contributed by atoms with Crippen molar-refractivity contribution in [3.05, 3.63) is 29.8 Å². The molecule has 0 radical (unpaired) electrons. The summed E-state index contributed by atoms with van der Waals surface area (Å²) in [5.74, 6) is -0.763. The van der Waals surface area contributed by atoms with E-state index in [1.165, 1.54) is 12.3 Å². The van der Waals surface area contributed by atoms with Crippen molar-refractivity contribution in [3.8, 4) is 0 Å². The van der Waals surface area contributed by atoms with Gasteiger partial charge in [-0.15, -0.1) is 0 Å². The first-order valence-corrected chi connectivity index (χ1v) is 7.37. The van der Waals surface area contributed by atoms with E-state index in [-0.39, 0.29) is 11.5 Å². The van der Waals surface area contributed by atoms with E-state index in [9.17, 15) is 9.18 Å². The van der Waals surface area contributed by atoms with Gasteiger partial charge in [-0.2, -0.15) is 0 Å². The minimum absolute atomic E-state index is 0.266. The molecule has 1 saturated heterocycles. The van der Waals surface area contributed by atoms with Crippen LogP contribution in [0.1, 0.15) is 23.7 Å². The predicted molar refractivity (Wildman–Crippen MR) is 79.7 cm³/mol. The Morgan fingerprint density at radius 2 is 2.10 bits per heavy atom. The summed E-state index contributed by atoms with van der Waals surface area (Å²) in [6, 6.07) is 1.64. The molecule has 0 saturated carbocycles. The Morgan fingerprint density at radius 3 is 2.76 bits per heavy atom. The van der Waals surface area contributed by atoms with Crippen LogP contribution in [0, 0.1) is 5.82 Å². The quantitative estimate of drug-likeness (QED) is 0.879. The van der Waals surface area contributed by atoms with Gasteiger partial charge in [-0.05, 0) is 26.5 Å². The summed E-state index contributed by atoms with van der Waals surface area (Å²) < 4.78 is 13.0. The number of hydrogen-bond acceptors (Lipinski definition) is 4. The standard InChI is InChI=1S/C15H23FN4O/c1-12(20-7-5-19(2)6-8-20)3-4-18-15(21)13-9-14(16)11-17-10-13/h9-12H,3-8H2,1-2H3,(H,18,21)/t12-/m1/s1. The van der Waals surface area contributed by atoms with Crippen LogP contribution in [0.4, 0.5) is 4.39 Å². The largest absolute Gasteiger partial charge is 0.352 e. The van der Waals surface area contributed by atoms with Crippen molar-refractivity contribution < 1.29 is 9.18 Å².